The maximum Gasteiger partial charge on any atom is -0.0231 e. The van der Waals surface area contributed by atoms with Gasteiger partial charge in [0.1, 0.15) is 0 Å². The lowest BCUT2D eigenvalue weighted by Gasteiger charge is -2.29. The van der Waals surface area contributed by atoms with Crippen LogP contribution in [0, 0.1) is 23.7 Å². The molecule has 2 aliphatic rings. The van der Waals surface area contributed by atoms with E-state index in [-0.39, 0.29) is 0 Å². The average Bonchev–Trinajstić information content (AvgIpc) is 2.67. The molecule has 0 aromatic heterocycles. The zero-order valence-electron chi connectivity index (χ0n) is 17.9. The van der Waals surface area contributed by atoms with Crippen LogP contribution in [-0.2, 0) is 0 Å². The predicted molar refractivity (Wildman–Crippen MR) is 117 cm³/mol. The molecule has 0 heteroatoms. The van der Waals surface area contributed by atoms with Crippen molar-refractivity contribution < 1.29 is 0 Å². The maximum atomic E-state index is 2.55. The summed E-state index contributed by atoms with van der Waals surface area (Å²) in [5.74, 6) is 4.02. The van der Waals surface area contributed by atoms with Crippen LogP contribution in [-0.4, -0.2) is 0 Å². The van der Waals surface area contributed by atoms with Crippen molar-refractivity contribution >= 4 is 0 Å². The summed E-state index contributed by atoms with van der Waals surface area (Å²) in [5, 5.41) is 0. The molecular formula is C26H46. The van der Waals surface area contributed by atoms with E-state index in [1.165, 1.54) is 103 Å². The Balaban J connectivity index is 1.51. The third-order valence-corrected chi connectivity index (χ3v) is 7.11. The van der Waals surface area contributed by atoms with Crippen molar-refractivity contribution in [2.24, 2.45) is 23.7 Å². The van der Waals surface area contributed by atoms with E-state index in [1.807, 2.05) is 0 Å². The van der Waals surface area contributed by atoms with Crippen molar-refractivity contribution in [3.63, 3.8) is 0 Å². The highest BCUT2D eigenvalue weighted by Gasteiger charge is 2.22. The second kappa shape index (κ2) is 13.6. The van der Waals surface area contributed by atoms with Gasteiger partial charge in [-0.25, -0.2) is 0 Å². The molecule has 26 heavy (non-hydrogen) atoms. The van der Waals surface area contributed by atoms with Crippen molar-refractivity contribution in [2.45, 2.75) is 117 Å². The first-order valence-corrected chi connectivity index (χ1v) is 12.1. The molecule has 2 saturated carbocycles. The lowest BCUT2D eigenvalue weighted by atomic mass is 9.77. The Bertz CT molecular complexity index is 383. The molecule has 2 aliphatic carbocycles. The van der Waals surface area contributed by atoms with Crippen molar-refractivity contribution in [2.75, 3.05) is 0 Å². The van der Waals surface area contributed by atoms with Crippen LogP contribution in [0.1, 0.15) is 117 Å². The summed E-state index contributed by atoms with van der Waals surface area (Å²) in [4.78, 5) is 0. The maximum absolute atomic E-state index is 2.55. The van der Waals surface area contributed by atoms with Gasteiger partial charge in [-0.3, -0.25) is 0 Å². The molecule has 0 heterocycles. The summed E-state index contributed by atoms with van der Waals surface area (Å²) in [7, 11) is 0. The van der Waals surface area contributed by atoms with E-state index in [9.17, 15) is 0 Å². The Morgan fingerprint density at radius 2 is 1.42 bits per heavy atom. The summed E-state index contributed by atoms with van der Waals surface area (Å²) < 4.78 is 0. The highest BCUT2D eigenvalue weighted by molar-refractivity contribution is 4.91. The van der Waals surface area contributed by atoms with Gasteiger partial charge in [0.05, 0.1) is 0 Å². The first-order valence-electron chi connectivity index (χ1n) is 12.1. The Hall–Kier alpha value is -0.520. The van der Waals surface area contributed by atoms with Crippen LogP contribution < -0.4 is 0 Å². The number of unbranched alkanes of at least 4 members (excludes halogenated alkanes) is 2. The molecule has 0 amide bonds. The molecule has 0 saturated heterocycles. The quantitative estimate of drug-likeness (QED) is 0.255. The van der Waals surface area contributed by atoms with Crippen LogP contribution in [0.5, 0.6) is 0 Å². The number of allylic oxidation sites excluding steroid dienone is 4. The molecule has 0 aromatic rings. The summed E-state index contributed by atoms with van der Waals surface area (Å²) in [6, 6.07) is 0. The fourth-order valence-electron chi connectivity index (χ4n) is 5.40. The SMILES string of the molecule is C/C=C/CCC1CCC(CCCCC2CCCC(/C=C\CCC)C2)CC1. The van der Waals surface area contributed by atoms with Crippen molar-refractivity contribution in [1.82, 2.24) is 0 Å². The first kappa shape index (κ1) is 21.8. The van der Waals surface area contributed by atoms with Crippen molar-refractivity contribution in [3.05, 3.63) is 24.3 Å². The van der Waals surface area contributed by atoms with E-state index < -0.39 is 0 Å². The zero-order valence-corrected chi connectivity index (χ0v) is 17.9. The molecule has 0 N–H and O–H groups in total. The molecule has 150 valence electrons. The van der Waals surface area contributed by atoms with E-state index in [0.29, 0.717) is 0 Å². The van der Waals surface area contributed by atoms with Gasteiger partial charge in [-0.05, 0) is 62.7 Å². The van der Waals surface area contributed by atoms with E-state index in [0.717, 1.165) is 23.7 Å². The minimum atomic E-state index is 0.901. The summed E-state index contributed by atoms with van der Waals surface area (Å²) in [6.45, 7) is 4.43. The molecule has 2 atom stereocenters. The minimum Gasteiger partial charge on any atom is -0.0917 e. The second-order valence-electron chi connectivity index (χ2n) is 9.33. The van der Waals surface area contributed by atoms with Crippen LogP contribution in [0.2, 0.25) is 0 Å². The lowest BCUT2D eigenvalue weighted by Crippen LogP contribution is -2.15. The largest absolute Gasteiger partial charge is 0.0917 e. The van der Waals surface area contributed by atoms with Crippen LogP contribution >= 0.6 is 0 Å². The Kier molecular flexibility index (Phi) is 11.4. The molecule has 2 fully saturated rings. The molecule has 2 unspecified atom stereocenters. The monoisotopic (exact) mass is 358 g/mol. The smallest absolute Gasteiger partial charge is 0.0231 e. The molecule has 0 spiro atoms. The topological polar surface area (TPSA) is 0 Å². The first-order chi connectivity index (χ1) is 12.8. The fourth-order valence-corrected chi connectivity index (χ4v) is 5.40. The molecule has 0 nitrogen and oxygen atoms in total. The van der Waals surface area contributed by atoms with Crippen LogP contribution in [0.15, 0.2) is 24.3 Å². The third-order valence-electron chi connectivity index (χ3n) is 7.11. The van der Waals surface area contributed by atoms with Crippen molar-refractivity contribution in [3.8, 4) is 0 Å². The van der Waals surface area contributed by atoms with Crippen LogP contribution in [0.4, 0.5) is 0 Å². The van der Waals surface area contributed by atoms with Gasteiger partial charge < -0.3 is 0 Å². The summed E-state index contributed by atoms with van der Waals surface area (Å²) >= 11 is 0. The normalized spacial score (nSPS) is 30.4. The van der Waals surface area contributed by atoms with E-state index in [4.69, 9.17) is 0 Å². The molecule has 0 aromatic carbocycles. The highest BCUT2D eigenvalue weighted by atomic mass is 14.3. The van der Waals surface area contributed by atoms with E-state index in [1.54, 1.807) is 0 Å². The fraction of sp³-hybridized carbons (Fsp3) is 0.846. The van der Waals surface area contributed by atoms with Crippen molar-refractivity contribution in [1.29, 1.82) is 0 Å². The average molecular weight is 359 g/mol. The van der Waals surface area contributed by atoms with Gasteiger partial charge in [-0.2, -0.15) is 0 Å². The highest BCUT2D eigenvalue weighted by Crippen LogP contribution is 2.36. The van der Waals surface area contributed by atoms with Gasteiger partial charge in [-0.1, -0.05) is 102 Å². The molecule has 0 bridgehead atoms. The van der Waals surface area contributed by atoms with Crippen LogP contribution in [0.25, 0.3) is 0 Å². The predicted octanol–water partition coefficient (Wildman–Crippen LogP) is 8.87. The third kappa shape index (κ3) is 8.92. The summed E-state index contributed by atoms with van der Waals surface area (Å²) in [6.07, 6.45) is 32.9. The van der Waals surface area contributed by atoms with Crippen LogP contribution in [0.3, 0.4) is 0 Å². The van der Waals surface area contributed by atoms with Gasteiger partial charge in [0.2, 0.25) is 0 Å². The number of hydrogen-bond donors (Lipinski definition) is 0. The van der Waals surface area contributed by atoms with Gasteiger partial charge in [0, 0.05) is 0 Å². The Labute approximate surface area is 164 Å². The van der Waals surface area contributed by atoms with Gasteiger partial charge in [0.15, 0.2) is 0 Å². The van der Waals surface area contributed by atoms with Gasteiger partial charge in [0.25, 0.3) is 0 Å². The van der Waals surface area contributed by atoms with Gasteiger partial charge in [-0.15, -0.1) is 0 Å². The summed E-state index contributed by atoms with van der Waals surface area (Å²) in [5.41, 5.74) is 0. The molecule has 0 radical (unpaired) electrons. The van der Waals surface area contributed by atoms with Gasteiger partial charge >= 0.3 is 0 Å². The number of hydrogen-bond acceptors (Lipinski definition) is 0. The molecule has 0 aliphatic heterocycles. The Morgan fingerprint density at radius 3 is 2.12 bits per heavy atom. The zero-order chi connectivity index (χ0) is 18.5. The standard InChI is InChI=1S/C26H46/c1-3-5-7-12-23-18-20-24(21-19-23)13-9-10-15-26-17-11-16-25(22-26)14-8-6-4-2/h3,5,8,14,23-26H,4,6-7,9-13,15-22H2,1-2H3/b5-3+,14-8-. The minimum absolute atomic E-state index is 0.901. The molecule has 2 rings (SSSR count). The lowest BCUT2D eigenvalue weighted by molar-refractivity contribution is 0.242. The Morgan fingerprint density at radius 1 is 0.731 bits per heavy atom. The molecular weight excluding hydrogens is 312 g/mol. The van der Waals surface area contributed by atoms with E-state index in [2.05, 4.69) is 38.2 Å². The van der Waals surface area contributed by atoms with E-state index >= 15 is 0 Å². The number of rotatable bonds is 11. The second-order valence-corrected chi connectivity index (χ2v) is 9.33.